The van der Waals surface area contributed by atoms with Gasteiger partial charge in [-0.1, -0.05) is 36.8 Å². The minimum Gasteiger partial charge on any atom is -0.497 e. The molecule has 168 valence electrons. The molecule has 33 heavy (non-hydrogen) atoms. The summed E-state index contributed by atoms with van der Waals surface area (Å²) in [7, 11) is 1.65. The van der Waals surface area contributed by atoms with Crippen molar-refractivity contribution in [1.82, 2.24) is 4.98 Å². The van der Waals surface area contributed by atoms with Crippen LogP contribution >= 0.6 is 11.3 Å². The molecule has 0 atom stereocenters. The Balaban J connectivity index is 1.61. The van der Waals surface area contributed by atoms with E-state index in [1.54, 1.807) is 7.11 Å². The number of nitrogens with zero attached hydrogens (tertiary/aromatic N) is 1. The van der Waals surface area contributed by atoms with E-state index in [1.807, 2.05) is 60.7 Å². The molecule has 6 heteroatoms. The Kier molecular flexibility index (Phi) is 6.01. The second-order valence-corrected chi connectivity index (χ2v) is 9.34. The van der Waals surface area contributed by atoms with E-state index >= 15 is 0 Å². The molecule has 0 saturated heterocycles. The van der Waals surface area contributed by atoms with Crippen LogP contribution < -0.4 is 10.5 Å². The van der Waals surface area contributed by atoms with Gasteiger partial charge < -0.3 is 15.2 Å². The highest BCUT2D eigenvalue weighted by Crippen LogP contribution is 2.42. The monoisotopic (exact) mass is 458 g/mol. The minimum absolute atomic E-state index is 0.0210. The molecule has 1 aliphatic carbocycles. The highest BCUT2D eigenvalue weighted by Gasteiger charge is 2.25. The number of methoxy groups -OCH3 is 1. The number of thiophene rings is 1. The fourth-order valence-corrected chi connectivity index (χ4v) is 5.42. The minimum atomic E-state index is -0.340. The Hall–Kier alpha value is -3.38. The number of hydrogen-bond acceptors (Lipinski definition) is 6. The average molecular weight is 459 g/mol. The van der Waals surface area contributed by atoms with Gasteiger partial charge in [0.15, 0.2) is 0 Å². The van der Waals surface area contributed by atoms with Gasteiger partial charge in [0.25, 0.3) is 0 Å². The number of nitrogen functional groups attached to an aromatic ring is 1. The maximum Gasteiger partial charge on any atom is 0.350 e. The van der Waals surface area contributed by atoms with Crippen molar-refractivity contribution in [3.05, 3.63) is 65.5 Å². The van der Waals surface area contributed by atoms with Gasteiger partial charge in [0, 0.05) is 10.9 Å². The summed E-state index contributed by atoms with van der Waals surface area (Å²) in [6, 6.07) is 19.9. The van der Waals surface area contributed by atoms with Crippen molar-refractivity contribution >= 4 is 33.2 Å². The second kappa shape index (κ2) is 9.24. The number of carbonyl (C=O) groups excluding carboxylic acids is 1. The third-order valence-electron chi connectivity index (χ3n) is 6.18. The van der Waals surface area contributed by atoms with E-state index in [2.05, 4.69) is 0 Å². The van der Waals surface area contributed by atoms with Crippen molar-refractivity contribution in [1.29, 1.82) is 0 Å². The zero-order valence-electron chi connectivity index (χ0n) is 18.5. The first-order valence-electron chi connectivity index (χ1n) is 11.3. The lowest BCUT2D eigenvalue weighted by Crippen LogP contribution is -2.20. The van der Waals surface area contributed by atoms with Crippen LogP contribution in [0.2, 0.25) is 0 Å². The maximum absolute atomic E-state index is 13.0. The van der Waals surface area contributed by atoms with Crippen molar-refractivity contribution in [2.45, 2.75) is 38.2 Å². The van der Waals surface area contributed by atoms with Gasteiger partial charge in [-0.05, 0) is 67.1 Å². The van der Waals surface area contributed by atoms with E-state index in [-0.39, 0.29) is 12.1 Å². The van der Waals surface area contributed by atoms with Gasteiger partial charge in [0.05, 0.1) is 18.5 Å². The Morgan fingerprint density at radius 3 is 2.42 bits per heavy atom. The first-order chi connectivity index (χ1) is 16.1. The largest absolute Gasteiger partial charge is 0.497 e. The summed E-state index contributed by atoms with van der Waals surface area (Å²) in [5, 5.41) is 0.805. The number of hydrogen-bond donors (Lipinski definition) is 1. The van der Waals surface area contributed by atoms with Gasteiger partial charge in [-0.2, -0.15) is 0 Å². The number of ether oxygens (including phenoxy) is 2. The quantitative estimate of drug-likeness (QED) is 0.336. The average Bonchev–Trinajstić information content (AvgIpc) is 3.21. The molecule has 1 aliphatic rings. The number of rotatable bonds is 5. The van der Waals surface area contributed by atoms with E-state index < -0.39 is 0 Å². The van der Waals surface area contributed by atoms with Gasteiger partial charge in [0.1, 0.15) is 21.6 Å². The summed E-state index contributed by atoms with van der Waals surface area (Å²) in [5.41, 5.74) is 10.8. The van der Waals surface area contributed by atoms with Crippen LogP contribution in [0.4, 0.5) is 5.69 Å². The van der Waals surface area contributed by atoms with Crippen LogP contribution in [-0.4, -0.2) is 24.2 Å². The number of pyridine rings is 1. The molecule has 2 aromatic carbocycles. The molecule has 0 spiro atoms. The summed E-state index contributed by atoms with van der Waals surface area (Å²) >= 11 is 1.31. The van der Waals surface area contributed by atoms with E-state index in [0.717, 1.165) is 64.0 Å². The number of esters is 1. The molecule has 2 heterocycles. The van der Waals surface area contributed by atoms with Gasteiger partial charge in [-0.3, -0.25) is 0 Å². The topological polar surface area (TPSA) is 74.4 Å². The van der Waals surface area contributed by atoms with Gasteiger partial charge in [0.2, 0.25) is 0 Å². The Bertz CT molecular complexity index is 1280. The zero-order valence-corrected chi connectivity index (χ0v) is 19.4. The molecule has 5 nitrogen and oxygen atoms in total. The van der Waals surface area contributed by atoms with E-state index in [4.69, 9.17) is 20.2 Å². The summed E-state index contributed by atoms with van der Waals surface area (Å²) in [5.74, 6) is 0.448. The number of benzene rings is 2. The van der Waals surface area contributed by atoms with Crippen LogP contribution in [-0.2, 0) is 4.74 Å². The second-order valence-electron chi connectivity index (χ2n) is 8.34. The number of fused-ring (bicyclic) bond motifs is 1. The van der Waals surface area contributed by atoms with E-state index in [1.165, 1.54) is 17.8 Å². The first-order valence-corrected chi connectivity index (χ1v) is 12.1. The van der Waals surface area contributed by atoms with Gasteiger partial charge in [-0.15, -0.1) is 11.3 Å². The van der Waals surface area contributed by atoms with Gasteiger partial charge in [-0.25, -0.2) is 9.78 Å². The van der Waals surface area contributed by atoms with Crippen molar-refractivity contribution in [2.24, 2.45) is 0 Å². The third-order valence-corrected chi connectivity index (χ3v) is 7.26. The van der Waals surface area contributed by atoms with Gasteiger partial charge >= 0.3 is 5.97 Å². The molecule has 4 aromatic rings. The predicted octanol–water partition coefficient (Wildman–Crippen LogP) is 6.71. The normalized spacial score (nSPS) is 14.3. The smallest absolute Gasteiger partial charge is 0.350 e. The standard InChI is InChI=1S/C27H26N2O3S/c1-31-19-14-12-18(13-15-19)22-16-21(17-8-4-2-5-9-17)23-24(28)25(33-26(23)29-22)27(30)32-20-10-6-3-7-11-20/h2,4-5,8-9,12-16,20H,3,6-7,10-11,28H2,1H3. The molecule has 1 saturated carbocycles. The fourth-order valence-electron chi connectivity index (χ4n) is 4.42. The van der Waals surface area contributed by atoms with Crippen LogP contribution in [0.15, 0.2) is 60.7 Å². The Labute approximate surface area is 197 Å². The van der Waals surface area contributed by atoms with Crippen LogP contribution in [0.1, 0.15) is 41.8 Å². The lowest BCUT2D eigenvalue weighted by Gasteiger charge is -2.21. The SMILES string of the molecule is COc1ccc(-c2cc(-c3ccccc3)c3c(N)c(C(=O)OC4CCCCC4)sc3n2)cc1. The summed E-state index contributed by atoms with van der Waals surface area (Å²) in [4.78, 5) is 19.1. The molecule has 0 unspecified atom stereocenters. The summed E-state index contributed by atoms with van der Waals surface area (Å²) in [6.07, 6.45) is 5.23. The maximum atomic E-state index is 13.0. The lowest BCUT2D eigenvalue weighted by molar-refractivity contribution is 0.0218. The van der Waals surface area contributed by atoms with Crippen LogP contribution in [0.5, 0.6) is 5.75 Å². The first kappa shape index (κ1) is 21.5. The molecule has 0 bridgehead atoms. The molecule has 0 aliphatic heterocycles. The zero-order chi connectivity index (χ0) is 22.8. The van der Waals surface area contributed by atoms with Crippen molar-refractivity contribution in [3.8, 4) is 28.1 Å². The number of carbonyl (C=O) groups is 1. The molecular weight excluding hydrogens is 432 g/mol. The number of anilines is 1. The van der Waals surface area contributed by atoms with E-state index in [9.17, 15) is 4.79 Å². The number of aromatic nitrogens is 1. The van der Waals surface area contributed by atoms with Crippen molar-refractivity contribution < 1.29 is 14.3 Å². The number of nitrogens with two attached hydrogens (primary N) is 1. The Morgan fingerprint density at radius 1 is 1.00 bits per heavy atom. The molecule has 2 aromatic heterocycles. The molecule has 1 fully saturated rings. The van der Waals surface area contributed by atoms with Crippen LogP contribution in [0, 0.1) is 0 Å². The summed E-state index contributed by atoms with van der Waals surface area (Å²) in [6.45, 7) is 0. The Morgan fingerprint density at radius 2 is 1.73 bits per heavy atom. The predicted molar refractivity (Wildman–Crippen MR) is 134 cm³/mol. The molecule has 5 rings (SSSR count). The third kappa shape index (κ3) is 4.31. The lowest BCUT2D eigenvalue weighted by atomic mass is 9.98. The van der Waals surface area contributed by atoms with Crippen LogP contribution in [0.25, 0.3) is 32.6 Å². The summed E-state index contributed by atoms with van der Waals surface area (Å²) < 4.78 is 11.1. The highest BCUT2D eigenvalue weighted by molar-refractivity contribution is 7.21. The van der Waals surface area contributed by atoms with Crippen molar-refractivity contribution in [2.75, 3.05) is 12.8 Å². The van der Waals surface area contributed by atoms with E-state index in [0.29, 0.717) is 10.6 Å². The highest BCUT2D eigenvalue weighted by atomic mass is 32.1. The van der Waals surface area contributed by atoms with Crippen molar-refractivity contribution in [3.63, 3.8) is 0 Å². The van der Waals surface area contributed by atoms with Crippen LogP contribution in [0.3, 0.4) is 0 Å². The molecule has 2 N–H and O–H groups in total. The fraction of sp³-hybridized carbons (Fsp3) is 0.259. The molecule has 0 amide bonds. The molecular formula is C27H26N2O3S. The molecule has 0 radical (unpaired) electrons.